The van der Waals surface area contributed by atoms with Gasteiger partial charge in [0.15, 0.2) is 0 Å². The minimum atomic E-state index is -0.0937. The number of aromatic nitrogens is 3. The molecule has 0 aliphatic heterocycles. The molecular formula is C17H16N4O2. The van der Waals surface area contributed by atoms with E-state index in [9.17, 15) is 4.79 Å². The third-order valence-corrected chi connectivity index (χ3v) is 3.30. The standard InChI is InChI=1S/C17H16N4O2/c1-23-17-8-5-14(12-18-17)20-16(22)11-13-3-6-15(7-4-13)21-10-2-9-19-21/h2-10,12H,11H2,1H3,(H,20,22). The summed E-state index contributed by atoms with van der Waals surface area (Å²) >= 11 is 0. The van der Waals surface area contributed by atoms with Crippen molar-refractivity contribution >= 4 is 11.6 Å². The lowest BCUT2D eigenvalue weighted by Crippen LogP contribution is -2.14. The van der Waals surface area contributed by atoms with Gasteiger partial charge in [-0.3, -0.25) is 4.79 Å². The van der Waals surface area contributed by atoms with Gasteiger partial charge in [0, 0.05) is 18.5 Å². The summed E-state index contributed by atoms with van der Waals surface area (Å²) in [7, 11) is 1.55. The van der Waals surface area contributed by atoms with Crippen LogP contribution >= 0.6 is 0 Å². The summed E-state index contributed by atoms with van der Waals surface area (Å²) in [5, 5.41) is 6.98. The van der Waals surface area contributed by atoms with Crippen LogP contribution in [0.4, 0.5) is 5.69 Å². The zero-order valence-corrected chi connectivity index (χ0v) is 12.6. The second-order valence-corrected chi connectivity index (χ2v) is 4.93. The molecular weight excluding hydrogens is 292 g/mol. The number of carbonyl (C=O) groups excluding carboxylic acids is 1. The predicted octanol–water partition coefficient (Wildman–Crippen LogP) is 2.46. The number of rotatable bonds is 5. The van der Waals surface area contributed by atoms with E-state index in [1.807, 2.05) is 36.5 Å². The topological polar surface area (TPSA) is 69.0 Å². The SMILES string of the molecule is COc1ccc(NC(=O)Cc2ccc(-n3cccn3)cc2)cn1. The van der Waals surface area contributed by atoms with E-state index in [2.05, 4.69) is 15.4 Å². The highest BCUT2D eigenvalue weighted by atomic mass is 16.5. The maximum atomic E-state index is 12.1. The van der Waals surface area contributed by atoms with Crippen LogP contribution < -0.4 is 10.1 Å². The second kappa shape index (κ2) is 6.74. The molecule has 0 atom stereocenters. The Bertz CT molecular complexity index is 765. The Balaban J connectivity index is 1.61. The zero-order valence-electron chi connectivity index (χ0n) is 12.6. The maximum Gasteiger partial charge on any atom is 0.228 e. The van der Waals surface area contributed by atoms with Gasteiger partial charge in [-0.2, -0.15) is 5.10 Å². The number of nitrogens with zero attached hydrogens (tertiary/aromatic N) is 3. The summed E-state index contributed by atoms with van der Waals surface area (Å²) in [4.78, 5) is 16.1. The van der Waals surface area contributed by atoms with Crippen LogP contribution in [0.25, 0.3) is 5.69 Å². The molecule has 2 aromatic heterocycles. The lowest BCUT2D eigenvalue weighted by atomic mass is 10.1. The monoisotopic (exact) mass is 308 g/mol. The Kier molecular flexibility index (Phi) is 4.33. The third kappa shape index (κ3) is 3.74. The summed E-state index contributed by atoms with van der Waals surface area (Å²) < 4.78 is 6.75. The molecule has 1 aromatic carbocycles. The van der Waals surface area contributed by atoms with Crippen LogP contribution in [0.5, 0.6) is 5.88 Å². The van der Waals surface area contributed by atoms with Gasteiger partial charge in [-0.05, 0) is 29.8 Å². The van der Waals surface area contributed by atoms with Gasteiger partial charge in [-0.15, -0.1) is 0 Å². The fourth-order valence-corrected chi connectivity index (χ4v) is 2.15. The molecule has 116 valence electrons. The first kappa shape index (κ1) is 14.8. The van der Waals surface area contributed by atoms with E-state index in [0.29, 0.717) is 18.0 Å². The number of hydrogen-bond donors (Lipinski definition) is 1. The molecule has 0 fully saturated rings. The Morgan fingerprint density at radius 3 is 2.65 bits per heavy atom. The summed E-state index contributed by atoms with van der Waals surface area (Å²) in [6.07, 6.45) is 5.46. The quantitative estimate of drug-likeness (QED) is 0.786. The molecule has 0 aliphatic carbocycles. The molecule has 3 rings (SSSR count). The number of ether oxygens (including phenoxy) is 1. The van der Waals surface area contributed by atoms with E-state index in [1.54, 1.807) is 36.3 Å². The molecule has 23 heavy (non-hydrogen) atoms. The Morgan fingerprint density at radius 2 is 2.04 bits per heavy atom. The first-order chi connectivity index (χ1) is 11.2. The average Bonchev–Trinajstić information content (AvgIpc) is 3.11. The fraction of sp³-hybridized carbons (Fsp3) is 0.118. The van der Waals surface area contributed by atoms with Crippen LogP contribution in [-0.4, -0.2) is 27.8 Å². The van der Waals surface area contributed by atoms with Crippen LogP contribution in [0, 0.1) is 0 Å². The third-order valence-electron chi connectivity index (χ3n) is 3.30. The van der Waals surface area contributed by atoms with Gasteiger partial charge in [0.2, 0.25) is 11.8 Å². The molecule has 6 heteroatoms. The summed E-state index contributed by atoms with van der Waals surface area (Å²) in [5.41, 5.74) is 2.53. The van der Waals surface area contributed by atoms with Crippen molar-refractivity contribution in [1.82, 2.24) is 14.8 Å². The van der Waals surface area contributed by atoms with Crippen molar-refractivity contribution in [2.24, 2.45) is 0 Å². The number of benzene rings is 1. The Labute approximate surface area is 133 Å². The van der Waals surface area contributed by atoms with E-state index in [4.69, 9.17) is 4.74 Å². The number of pyridine rings is 1. The van der Waals surface area contributed by atoms with Crippen molar-refractivity contribution in [2.45, 2.75) is 6.42 Å². The van der Waals surface area contributed by atoms with E-state index in [-0.39, 0.29) is 5.91 Å². The molecule has 1 N–H and O–H groups in total. The minimum Gasteiger partial charge on any atom is -0.481 e. The van der Waals surface area contributed by atoms with Gasteiger partial charge in [-0.25, -0.2) is 9.67 Å². The van der Waals surface area contributed by atoms with Gasteiger partial charge < -0.3 is 10.1 Å². The Hall–Kier alpha value is -3.15. The molecule has 0 radical (unpaired) electrons. The lowest BCUT2D eigenvalue weighted by molar-refractivity contribution is -0.115. The van der Waals surface area contributed by atoms with Crippen molar-refractivity contribution in [3.8, 4) is 11.6 Å². The van der Waals surface area contributed by atoms with Crippen LogP contribution in [0.1, 0.15) is 5.56 Å². The van der Waals surface area contributed by atoms with Crippen LogP contribution in [-0.2, 0) is 11.2 Å². The molecule has 1 amide bonds. The Morgan fingerprint density at radius 1 is 1.22 bits per heavy atom. The van der Waals surface area contributed by atoms with Crippen LogP contribution in [0.15, 0.2) is 61.1 Å². The highest BCUT2D eigenvalue weighted by Gasteiger charge is 2.05. The predicted molar refractivity (Wildman–Crippen MR) is 86.7 cm³/mol. The molecule has 0 aliphatic rings. The van der Waals surface area contributed by atoms with E-state index in [0.717, 1.165) is 11.3 Å². The molecule has 0 saturated carbocycles. The van der Waals surface area contributed by atoms with Crippen molar-refractivity contribution < 1.29 is 9.53 Å². The largest absolute Gasteiger partial charge is 0.481 e. The zero-order chi connectivity index (χ0) is 16.1. The van der Waals surface area contributed by atoms with Crippen molar-refractivity contribution in [1.29, 1.82) is 0 Å². The van der Waals surface area contributed by atoms with Crippen molar-refractivity contribution in [2.75, 3.05) is 12.4 Å². The second-order valence-electron chi connectivity index (χ2n) is 4.93. The van der Waals surface area contributed by atoms with Crippen LogP contribution in [0.3, 0.4) is 0 Å². The molecule has 3 aromatic rings. The van der Waals surface area contributed by atoms with E-state index < -0.39 is 0 Å². The van der Waals surface area contributed by atoms with E-state index in [1.165, 1.54) is 0 Å². The normalized spacial score (nSPS) is 10.3. The van der Waals surface area contributed by atoms with Crippen molar-refractivity contribution in [3.05, 3.63) is 66.6 Å². The molecule has 0 bridgehead atoms. The number of anilines is 1. The number of hydrogen-bond acceptors (Lipinski definition) is 4. The molecule has 0 unspecified atom stereocenters. The smallest absolute Gasteiger partial charge is 0.228 e. The molecule has 0 saturated heterocycles. The maximum absolute atomic E-state index is 12.1. The number of amides is 1. The lowest BCUT2D eigenvalue weighted by Gasteiger charge is -2.07. The van der Waals surface area contributed by atoms with Gasteiger partial charge in [0.1, 0.15) is 0 Å². The van der Waals surface area contributed by atoms with Crippen LogP contribution in [0.2, 0.25) is 0 Å². The summed E-state index contributed by atoms with van der Waals surface area (Å²) in [6, 6.07) is 13.0. The first-order valence-electron chi connectivity index (χ1n) is 7.13. The van der Waals surface area contributed by atoms with Gasteiger partial charge in [-0.1, -0.05) is 12.1 Å². The highest BCUT2D eigenvalue weighted by molar-refractivity contribution is 5.92. The molecule has 0 spiro atoms. The van der Waals surface area contributed by atoms with Gasteiger partial charge >= 0.3 is 0 Å². The highest BCUT2D eigenvalue weighted by Crippen LogP contribution is 2.13. The average molecular weight is 308 g/mol. The molecule has 2 heterocycles. The summed E-state index contributed by atoms with van der Waals surface area (Å²) in [6.45, 7) is 0. The number of nitrogens with one attached hydrogen (secondary N) is 1. The number of methoxy groups -OCH3 is 1. The van der Waals surface area contributed by atoms with E-state index >= 15 is 0 Å². The fourth-order valence-electron chi connectivity index (χ4n) is 2.15. The minimum absolute atomic E-state index is 0.0937. The molecule has 6 nitrogen and oxygen atoms in total. The number of carbonyl (C=O) groups is 1. The first-order valence-corrected chi connectivity index (χ1v) is 7.13. The van der Waals surface area contributed by atoms with Crippen molar-refractivity contribution in [3.63, 3.8) is 0 Å². The van der Waals surface area contributed by atoms with Gasteiger partial charge in [0.25, 0.3) is 0 Å². The summed E-state index contributed by atoms with van der Waals surface area (Å²) in [5.74, 6) is 0.418. The van der Waals surface area contributed by atoms with Gasteiger partial charge in [0.05, 0.1) is 31.1 Å².